The van der Waals surface area contributed by atoms with Gasteiger partial charge in [0.2, 0.25) is 0 Å². The van der Waals surface area contributed by atoms with E-state index in [4.69, 9.17) is 6.42 Å². The van der Waals surface area contributed by atoms with Gasteiger partial charge in [-0.1, -0.05) is 12.0 Å². The van der Waals surface area contributed by atoms with Crippen LogP contribution in [-0.4, -0.2) is 32.1 Å². The van der Waals surface area contributed by atoms with Gasteiger partial charge in [0.1, 0.15) is 0 Å². The van der Waals surface area contributed by atoms with E-state index in [9.17, 15) is 9.59 Å². The maximum atomic E-state index is 12.1. The van der Waals surface area contributed by atoms with Crippen LogP contribution in [0.4, 0.5) is 4.79 Å². The van der Waals surface area contributed by atoms with Crippen LogP contribution >= 0.6 is 11.8 Å². The number of aromatic nitrogens is 2. The first kappa shape index (κ1) is 13.5. The molecule has 0 radical (unpaired) electrons. The van der Waals surface area contributed by atoms with E-state index < -0.39 is 0 Å². The van der Waals surface area contributed by atoms with Crippen LogP contribution in [0.25, 0.3) is 17.1 Å². The number of hydrogen-bond acceptors (Lipinski definition) is 4. The molecule has 1 saturated heterocycles. The van der Waals surface area contributed by atoms with Crippen molar-refractivity contribution in [2.45, 2.75) is 0 Å². The summed E-state index contributed by atoms with van der Waals surface area (Å²) in [5, 5.41) is -0.330. The number of aryl methyl sites for hydroxylation is 1. The molecule has 5 nitrogen and oxygen atoms in total. The molecule has 6 heteroatoms. The monoisotopic (exact) mass is 297 g/mol. The predicted molar refractivity (Wildman–Crippen MR) is 82.2 cm³/mol. The van der Waals surface area contributed by atoms with Crippen molar-refractivity contribution >= 4 is 40.0 Å². The summed E-state index contributed by atoms with van der Waals surface area (Å²) in [6.45, 7) is 0.00127. The maximum Gasteiger partial charge on any atom is 0.294 e. The molecule has 21 heavy (non-hydrogen) atoms. The minimum absolute atomic E-state index is 0.00127. The number of imidazole rings is 1. The fourth-order valence-electron chi connectivity index (χ4n) is 2.12. The number of imide groups is 1. The highest BCUT2D eigenvalue weighted by Gasteiger charge is 2.34. The molecule has 104 valence electrons. The summed E-state index contributed by atoms with van der Waals surface area (Å²) < 4.78 is 1.92. The van der Waals surface area contributed by atoms with Crippen LogP contribution < -0.4 is 0 Å². The zero-order valence-corrected chi connectivity index (χ0v) is 12.1. The molecule has 1 aromatic carbocycles. The molecule has 0 N–H and O–H groups in total. The van der Waals surface area contributed by atoms with Gasteiger partial charge in [0.05, 0.1) is 28.8 Å². The Kier molecular flexibility index (Phi) is 3.28. The van der Waals surface area contributed by atoms with Gasteiger partial charge in [0.25, 0.3) is 11.1 Å². The highest BCUT2D eigenvalue weighted by molar-refractivity contribution is 8.18. The van der Waals surface area contributed by atoms with E-state index in [1.165, 1.54) is 0 Å². The fourth-order valence-corrected chi connectivity index (χ4v) is 2.96. The Morgan fingerprint density at radius 3 is 3.00 bits per heavy atom. The Morgan fingerprint density at radius 2 is 2.24 bits per heavy atom. The van der Waals surface area contributed by atoms with Crippen LogP contribution in [0.2, 0.25) is 0 Å². The van der Waals surface area contributed by atoms with Crippen molar-refractivity contribution in [3.8, 4) is 12.3 Å². The Morgan fingerprint density at radius 1 is 1.43 bits per heavy atom. The SMILES string of the molecule is C#CCN1C(=O)SC(=Cc2ccc3c(c2)ncn3C)C1=O. The summed E-state index contributed by atoms with van der Waals surface area (Å²) >= 11 is 0.905. The summed E-state index contributed by atoms with van der Waals surface area (Å²) in [6, 6.07) is 5.70. The van der Waals surface area contributed by atoms with Crippen molar-refractivity contribution in [1.29, 1.82) is 0 Å². The van der Waals surface area contributed by atoms with Gasteiger partial charge in [0.15, 0.2) is 0 Å². The quantitative estimate of drug-likeness (QED) is 0.630. The second-order valence-electron chi connectivity index (χ2n) is 4.58. The minimum Gasteiger partial charge on any atom is -0.334 e. The zero-order valence-electron chi connectivity index (χ0n) is 11.2. The number of rotatable bonds is 2. The van der Waals surface area contributed by atoms with Gasteiger partial charge in [0, 0.05) is 7.05 Å². The van der Waals surface area contributed by atoms with E-state index in [1.807, 2.05) is 29.8 Å². The number of thioether (sulfide) groups is 1. The number of fused-ring (bicyclic) bond motifs is 1. The summed E-state index contributed by atoms with van der Waals surface area (Å²) in [5.74, 6) is 1.97. The first-order chi connectivity index (χ1) is 10.1. The van der Waals surface area contributed by atoms with Crippen molar-refractivity contribution < 1.29 is 9.59 Å². The summed E-state index contributed by atoms with van der Waals surface area (Å²) in [5.41, 5.74) is 2.68. The third-order valence-corrected chi connectivity index (χ3v) is 4.08. The highest BCUT2D eigenvalue weighted by Crippen LogP contribution is 2.32. The van der Waals surface area contributed by atoms with E-state index in [1.54, 1.807) is 12.4 Å². The van der Waals surface area contributed by atoms with Gasteiger partial charge in [-0.15, -0.1) is 6.42 Å². The third kappa shape index (κ3) is 2.32. The van der Waals surface area contributed by atoms with Gasteiger partial charge in [-0.2, -0.15) is 0 Å². The molecule has 0 atom stereocenters. The van der Waals surface area contributed by atoms with Crippen LogP contribution in [0.1, 0.15) is 5.56 Å². The van der Waals surface area contributed by atoms with Crippen LogP contribution in [-0.2, 0) is 11.8 Å². The summed E-state index contributed by atoms with van der Waals surface area (Å²) in [6.07, 6.45) is 8.58. The van der Waals surface area contributed by atoms with Crippen LogP contribution in [0.5, 0.6) is 0 Å². The number of carbonyl (C=O) groups is 2. The normalized spacial score (nSPS) is 17.0. The van der Waals surface area contributed by atoms with Gasteiger partial charge in [-0.25, -0.2) is 4.98 Å². The van der Waals surface area contributed by atoms with Crippen molar-refractivity contribution in [2.24, 2.45) is 7.05 Å². The van der Waals surface area contributed by atoms with Crippen LogP contribution in [0.3, 0.4) is 0 Å². The molecule has 0 saturated carbocycles. The fraction of sp³-hybridized carbons (Fsp3) is 0.133. The van der Waals surface area contributed by atoms with Crippen molar-refractivity contribution in [1.82, 2.24) is 14.5 Å². The van der Waals surface area contributed by atoms with E-state index in [2.05, 4.69) is 10.9 Å². The number of terminal acetylenes is 1. The standard InChI is InChI=1S/C15H11N3O2S/c1-3-6-18-14(19)13(21-15(18)20)8-10-4-5-12-11(7-10)16-9-17(12)2/h1,4-5,7-9H,6H2,2H3. The van der Waals surface area contributed by atoms with Gasteiger partial charge < -0.3 is 4.57 Å². The Balaban J connectivity index is 1.95. The largest absolute Gasteiger partial charge is 0.334 e. The Hall–Kier alpha value is -2.52. The Labute approximate surface area is 125 Å². The van der Waals surface area contributed by atoms with Crippen molar-refractivity contribution in [3.63, 3.8) is 0 Å². The molecule has 1 aliphatic rings. The van der Waals surface area contributed by atoms with Crippen LogP contribution in [0, 0.1) is 12.3 Å². The number of hydrogen-bond donors (Lipinski definition) is 0. The average molecular weight is 297 g/mol. The van der Waals surface area contributed by atoms with Gasteiger partial charge in [-0.05, 0) is 35.5 Å². The van der Waals surface area contributed by atoms with Crippen LogP contribution in [0.15, 0.2) is 29.4 Å². The molecule has 0 aliphatic carbocycles. The van der Waals surface area contributed by atoms with E-state index in [0.29, 0.717) is 4.91 Å². The van der Waals surface area contributed by atoms with E-state index in [0.717, 1.165) is 33.3 Å². The minimum atomic E-state index is -0.343. The second kappa shape index (κ2) is 5.11. The third-order valence-electron chi connectivity index (χ3n) is 3.17. The number of carbonyl (C=O) groups excluding carboxylic acids is 2. The van der Waals surface area contributed by atoms with E-state index in [-0.39, 0.29) is 17.7 Å². The molecular formula is C15H11N3O2S. The lowest BCUT2D eigenvalue weighted by Crippen LogP contribution is -2.28. The lowest BCUT2D eigenvalue weighted by atomic mass is 10.2. The molecule has 2 amide bonds. The lowest BCUT2D eigenvalue weighted by molar-refractivity contribution is -0.122. The average Bonchev–Trinajstić information content (AvgIpc) is 2.95. The molecule has 0 unspecified atom stereocenters. The molecule has 1 fully saturated rings. The van der Waals surface area contributed by atoms with Crippen molar-refractivity contribution in [3.05, 3.63) is 35.0 Å². The first-order valence-electron chi connectivity index (χ1n) is 6.20. The smallest absolute Gasteiger partial charge is 0.294 e. The molecular weight excluding hydrogens is 286 g/mol. The highest BCUT2D eigenvalue weighted by atomic mass is 32.2. The molecule has 2 heterocycles. The molecule has 2 aromatic rings. The molecule has 0 bridgehead atoms. The summed E-state index contributed by atoms with van der Waals surface area (Å²) in [7, 11) is 1.92. The van der Waals surface area contributed by atoms with Gasteiger partial charge >= 0.3 is 0 Å². The number of benzene rings is 1. The molecule has 0 spiro atoms. The second-order valence-corrected chi connectivity index (χ2v) is 5.57. The number of amides is 2. The maximum absolute atomic E-state index is 12.1. The first-order valence-corrected chi connectivity index (χ1v) is 7.01. The summed E-state index contributed by atoms with van der Waals surface area (Å²) in [4.78, 5) is 29.5. The molecule has 3 rings (SSSR count). The van der Waals surface area contributed by atoms with E-state index >= 15 is 0 Å². The lowest BCUT2D eigenvalue weighted by Gasteiger charge is -2.06. The molecule has 1 aromatic heterocycles. The topological polar surface area (TPSA) is 55.2 Å². The molecule has 1 aliphatic heterocycles. The Bertz CT molecular complexity index is 829. The van der Waals surface area contributed by atoms with Crippen molar-refractivity contribution in [2.75, 3.05) is 6.54 Å². The predicted octanol–water partition coefficient (Wildman–Crippen LogP) is 2.24. The zero-order chi connectivity index (χ0) is 15.0. The number of nitrogens with zero attached hydrogens (tertiary/aromatic N) is 3. The van der Waals surface area contributed by atoms with Gasteiger partial charge in [-0.3, -0.25) is 14.5 Å².